The van der Waals surface area contributed by atoms with Crippen LogP contribution in [0.5, 0.6) is 11.6 Å². The Morgan fingerprint density at radius 1 is 0.966 bits per heavy atom. The zero-order chi connectivity index (χ0) is 20.2. The van der Waals surface area contributed by atoms with Gasteiger partial charge in [0, 0.05) is 12.1 Å². The molecule has 1 aromatic heterocycles. The molecule has 29 heavy (non-hydrogen) atoms. The van der Waals surface area contributed by atoms with Crippen molar-refractivity contribution in [3.63, 3.8) is 0 Å². The van der Waals surface area contributed by atoms with Crippen LogP contribution in [0.15, 0.2) is 79.0 Å². The molecule has 1 aliphatic carbocycles. The van der Waals surface area contributed by atoms with E-state index in [0.29, 0.717) is 12.2 Å². The Morgan fingerprint density at radius 3 is 2.38 bits per heavy atom. The fourth-order valence-corrected chi connectivity index (χ4v) is 3.73. The van der Waals surface area contributed by atoms with E-state index in [1.807, 2.05) is 48.5 Å². The molecule has 1 heterocycles. The summed E-state index contributed by atoms with van der Waals surface area (Å²) < 4.78 is 5.77. The van der Waals surface area contributed by atoms with E-state index in [1.165, 1.54) is 0 Å². The molecule has 6 heteroatoms. The number of hydrogen-bond acceptors (Lipinski definition) is 5. The van der Waals surface area contributed by atoms with Gasteiger partial charge in [-0.15, -0.1) is 0 Å². The molecule has 3 N–H and O–H groups in total. The summed E-state index contributed by atoms with van der Waals surface area (Å²) in [5, 5.41) is 23.6. The Kier molecular flexibility index (Phi) is 5.55. The zero-order valence-electron chi connectivity index (χ0n) is 15.7. The maximum atomic E-state index is 13.0. The Hall–Kier alpha value is -3.22. The first-order valence-corrected chi connectivity index (χ1v) is 9.53. The molecule has 4 atom stereocenters. The van der Waals surface area contributed by atoms with Gasteiger partial charge in [-0.1, -0.05) is 48.5 Å². The molecule has 1 amide bonds. The van der Waals surface area contributed by atoms with Gasteiger partial charge in [0.15, 0.2) is 0 Å². The predicted octanol–water partition coefficient (Wildman–Crippen LogP) is 2.88. The number of para-hydroxylation sites is 1. The van der Waals surface area contributed by atoms with Gasteiger partial charge in [0.1, 0.15) is 17.4 Å². The number of nitrogens with one attached hydrogen (secondary N) is 1. The van der Waals surface area contributed by atoms with E-state index in [9.17, 15) is 15.0 Å². The fraction of sp³-hybridized carbons (Fsp3) is 0.217. The number of carbonyl (C=O) groups excluding carboxylic acids is 1. The number of benzene rings is 2. The molecule has 0 radical (unpaired) electrons. The lowest BCUT2D eigenvalue weighted by Crippen LogP contribution is -2.45. The summed E-state index contributed by atoms with van der Waals surface area (Å²) in [5.74, 6) is 0.141. The highest BCUT2D eigenvalue weighted by Crippen LogP contribution is 2.35. The lowest BCUT2D eigenvalue weighted by molar-refractivity contribution is 0.0294. The van der Waals surface area contributed by atoms with Crippen molar-refractivity contribution in [2.75, 3.05) is 0 Å². The molecular weight excluding hydrogens is 368 g/mol. The molecule has 0 saturated heterocycles. The van der Waals surface area contributed by atoms with Gasteiger partial charge in [0.2, 0.25) is 5.88 Å². The number of pyridine rings is 1. The van der Waals surface area contributed by atoms with E-state index in [2.05, 4.69) is 10.3 Å². The highest BCUT2D eigenvalue weighted by atomic mass is 16.5. The van der Waals surface area contributed by atoms with Gasteiger partial charge in [-0.3, -0.25) is 4.79 Å². The maximum absolute atomic E-state index is 13.0. The third kappa shape index (κ3) is 4.13. The predicted molar refractivity (Wildman–Crippen MR) is 108 cm³/mol. The van der Waals surface area contributed by atoms with Crippen LogP contribution >= 0.6 is 0 Å². The lowest BCUT2D eigenvalue weighted by atomic mass is 9.93. The number of aromatic nitrogens is 1. The van der Waals surface area contributed by atoms with E-state index < -0.39 is 24.2 Å². The van der Waals surface area contributed by atoms with Crippen LogP contribution in [0.1, 0.15) is 28.3 Å². The van der Waals surface area contributed by atoms with E-state index >= 15 is 0 Å². The molecule has 2 aromatic carbocycles. The monoisotopic (exact) mass is 390 g/mol. The minimum atomic E-state index is -1.06. The third-order valence-electron chi connectivity index (χ3n) is 5.19. The minimum absolute atomic E-state index is 0.181. The highest BCUT2D eigenvalue weighted by molar-refractivity contribution is 5.96. The van der Waals surface area contributed by atoms with Crippen LogP contribution < -0.4 is 10.1 Å². The van der Waals surface area contributed by atoms with Gasteiger partial charge in [-0.05, 0) is 36.2 Å². The van der Waals surface area contributed by atoms with E-state index in [1.54, 1.807) is 30.5 Å². The summed E-state index contributed by atoms with van der Waals surface area (Å²) in [6.45, 7) is 0. The first-order chi connectivity index (χ1) is 14.1. The van der Waals surface area contributed by atoms with Crippen LogP contribution in [-0.4, -0.2) is 39.4 Å². The van der Waals surface area contributed by atoms with Crippen LogP contribution in [-0.2, 0) is 0 Å². The van der Waals surface area contributed by atoms with Crippen molar-refractivity contribution < 1.29 is 19.7 Å². The first kappa shape index (κ1) is 19.1. The van der Waals surface area contributed by atoms with E-state index in [0.717, 1.165) is 5.56 Å². The number of amides is 1. The van der Waals surface area contributed by atoms with Crippen molar-refractivity contribution in [2.45, 2.75) is 30.6 Å². The standard InChI is InChI=1S/C23H22N2O4/c26-19-14-18(15-8-3-1-4-9-15)20(21(19)27)25-22(28)17-12-7-13-24-23(17)29-16-10-5-2-6-11-16/h1-13,18-21,26-27H,14H2,(H,25,28)/t18-,19-,20-,21-/m1/s1. The molecule has 4 rings (SSSR count). The van der Waals surface area contributed by atoms with Crippen LogP contribution in [0.3, 0.4) is 0 Å². The van der Waals surface area contributed by atoms with Gasteiger partial charge in [0.05, 0.1) is 12.1 Å². The topological polar surface area (TPSA) is 91.7 Å². The molecular formula is C23H22N2O4. The van der Waals surface area contributed by atoms with Crippen molar-refractivity contribution in [3.8, 4) is 11.6 Å². The van der Waals surface area contributed by atoms with Crippen molar-refractivity contribution in [3.05, 3.63) is 90.1 Å². The maximum Gasteiger partial charge on any atom is 0.257 e. The Bertz CT molecular complexity index is 965. The molecule has 0 unspecified atom stereocenters. The number of aliphatic hydroxyl groups excluding tert-OH is 2. The molecule has 148 valence electrons. The van der Waals surface area contributed by atoms with E-state index in [-0.39, 0.29) is 17.4 Å². The summed E-state index contributed by atoms with van der Waals surface area (Å²) in [6, 6.07) is 21.3. The number of ether oxygens (including phenoxy) is 1. The molecule has 1 aliphatic rings. The average molecular weight is 390 g/mol. The van der Waals surface area contributed by atoms with Crippen molar-refractivity contribution in [1.82, 2.24) is 10.3 Å². The Labute approximate surface area is 168 Å². The Balaban J connectivity index is 1.57. The second kappa shape index (κ2) is 8.43. The second-order valence-corrected chi connectivity index (χ2v) is 7.08. The summed E-state index contributed by atoms with van der Waals surface area (Å²) >= 11 is 0. The smallest absolute Gasteiger partial charge is 0.257 e. The quantitative estimate of drug-likeness (QED) is 0.623. The molecule has 1 fully saturated rings. The van der Waals surface area contributed by atoms with Crippen molar-refractivity contribution in [2.24, 2.45) is 0 Å². The highest BCUT2D eigenvalue weighted by Gasteiger charge is 2.43. The van der Waals surface area contributed by atoms with Gasteiger partial charge < -0.3 is 20.3 Å². The van der Waals surface area contributed by atoms with Crippen molar-refractivity contribution in [1.29, 1.82) is 0 Å². The zero-order valence-corrected chi connectivity index (χ0v) is 15.7. The molecule has 0 bridgehead atoms. The minimum Gasteiger partial charge on any atom is -0.438 e. The lowest BCUT2D eigenvalue weighted by Gasteiger charge is -2.24. The van der Waals surface area contributed by atoms with E-state index in [4.69, 9.17) is 4.74 Å². The van der Waals surface area contributed by atoms with Crippen LogP contribution in [0.2, 0.25) is 0 Å². The summed E-state index contributed by atoms with van der Waals surface area (Å²) in [6.07, 6.45) is -0.0363. The number of rotatable bonds is 5. The van der Waals surface area contributed by atoms with Gasteiger partial charge in [0.25, 0.3) is 5.91 Å². The van der Waals surface area contributed by atoms with Crippen LogP contribution in [0, 0.1) is 0 Å². The Morgan fingerprint density at radius 2 is 1.66 bits per heavy atom. The van der Waals surface area contributed by atoms with Gasteiger partial charge in [-0.2, -0.15) is 0 Å². The third-order valence-corrected chi connectivity index (χ3v) is 5.19. The summed E-state index contributed by atoms with van der Waals surface area (Å²) in [4.78, 5) is 17.2. The summed E-state index contributed by atoms with van der Waals surface area (Å²) in [5.41, 5.74) is 1.22. The average Bonchev–Trinajstić information content (AvgIpc) is 3.04. The molecule has 1 saturated carbocycles. The SMILES string of the molecule is O=C(N[C@H]1[C@H](O)[C@H](O)C[C@@H]1c1ccccc1)c1cccnc1Oc1ccccc1. The number of hydrogen-bond donors (Lipinski definition) is 3. The van der Waals surface area contributed by atoms with Gasteiger partial charge >= 0.3 is 0 Å². The molecule has 3 aromatic rings. The number of carbonyl (C=O) groups is 1. The fourth-order valence-electron chi connectivity index (χ4n) is 3.73. The number of nitrogens with zero attached hydrogens (tertiary/aromatic N) is 1. The van der Waals surface area contributed by atoms with Crippen LogP contribution in [0.4, 0.5) is 0 Å². The molecule has 0 aliphatic heterocycles. The largest absolute Gasteiger partial charge is 0.438 e. The van der Waals surface area contributed by atoms with Crippen molar-refractivity contribution >= 4 is 5.91 Å². The summed E-state index contributed by atoms with van der Waals surface area (Å²) in [7, 11) is 0. The molecule has 0 spiro atoms. The second-order valence-electron chi connectivity index (χ2n) is 7.08. The number of aliphatic hydroxyl groups is 2. The molecule has 6 nitrogen and oxygen atoms in total. The van der Waals surface area contributed by atoms with Gasteiger partial charge in [-0.25, -0.2) is 4.98 Å². The normalized spacial score (nSPS) is 23.5. The first-order valence-electron chi connectivity index (χ1n) is 9.53. The van der Waals surface area contributed by atoms with Crippen LogP contribution in [0.25, 0.3) is 0 Å².